The quantitative estimate of drug-likeness (QED) is 0.453. The van der Waals surface area contributed by atoms with Crippen molar-refractivity contribution in [2.45, 2.75) is 92.5 Å². The third-order valence-corrected chi connectivity index (χ3v) is 5.02. The molecule has 1 aliphatic rings. The van der Waals surface area contributed by atoms with Crippen LogP contribution in [0, 0.1) is 0 Å². The summed E-state index contributed by atoms with van der Waals surface area (Å²) in [4.78, 5) is 0. The zero-order chi connectivity index (χ0) is 25.2. The minimum absolute atomic E-state index is 0.0831. The monoisotopic (exact) mass is 480 g/mol. The van der Waals surface area contributed by atoms with E-state index in [4.69, 9.17) is 21.1 Å². The van der Waals surface area contributed by atoms with Gasteiger partial charge in [0.25, 0.3) is 0 Å². The maximum Gasteiger partial charge on any atom is 0.119 e. The minimum atomic E-state index is -0.462. The first-order valence-corrected chi connectivity index (χ1v) is 12.8. The second-order valence-electron chi connectivity index (χ2n) is 7.37. The molecule has 0 amide bonds. The summed E-state index contributed by atoms with van der Waals surface area (Å²) < 4.78 is 11.4. The van der Waals surface area contributed by atoms with E-state index in [0.29, 0.717) is 30.9 Å². The molecule has 2 N–H and O–H groups in total. The number of hydrogen-bond acceptors (Lipinski definition) is 4. The van der Waals surface area contributed by atoms with E-state index >= 15 is 0 Å². The van der Waals surface area contributed by atoms with Gasteiger partial charge in [0.15, 0.2) is 0 Å². The van der Waals surface area contributed by atoms with Gasteiger partial charge in [-0.3, -0.25) is 0 Å². The van der Waals surface area contributed by atoms with Crippen LogP contribution >= 0.6 is 11.6 Å². The van der Waals surface area contributed by atoms with Crippen LogP contribution in [0.5, 0.6) is 5.75 Å². The van der Waals surface area contributed by atoms with Gasteiger partial charge in [0.2, 0.25) is 0 Å². The van der Waals surface area contributed by atoms with Crippen LogP contribution in [0.2, 0.25) is 5.02 Å². The Morgan fingerprint density at radius 3 is 2.12 bits per heavy atom. The molecule has 2 aromatic carbocycles. The van der Waals surface area contributed by atoms with Gasteiger partial charge in [0.1, 0.15) is 5.75 Å². The highest BCUT2D eigenvalue weighted by atomic mass is 35.5. The summed E-state index contributed by atoms with van der Waals surface area (Å²) in [5.74, 6) is 0.857. The van der Waals surface area contributed by atoms with Crippen LogP contribution in [0.15, 0.2) is 42.5 Å². The van der Waals surface area contributed by atoms with Crippen LogP contribution in [0.1, 0.15) is 90.5 Å². The van der Waals surface area contributed by atoms with E-state index in [1.165, 1.54) is 6.42 Å². The molecule has 5 heteroatoms. The van der Waals surface area contributed by atoms with E-state index in [2.05, 4.69) is 13.8 Å². The van der Waals surface area contributed by atoms with Crippen molar-refractivity contribution in [1.82, 2.24) is 0 Å². The highest BCUT2D eigenvalue weighted by molar-refractivity contribution is 6.31. The molecule has 3 unspecified atom stereocenters. The van der Waals surface area contributed by atoms with Crippen molar-refractivity contribution in [3.05, 3.63) is 64.2 Å². The van der Waals surface area contributed by atoms with Crippen molar-refractivity contribution in [1.29, 1.82) is 0 Å². The Hall–Kier alpha value is -1.59. The first-order valence-electron chi connectivity index (χ1n) is 12.4. The van der Waals surface area contributed by atoms with Gasteiger partial charge in [-0.2, -0.15) is 0 Å². The van der Waals surface area contributed by atoms with Gasteiger partial charge in [-0.25, -0.2) is 0 Å². The summed E-state index contributed by atoms with van der Waals surface area (Å²) in [5, 5.41) is 20.1. The first kappa shape index (κ1) is 31.4. The average Bonchev–Trinajstić information content (AvgIpc) is 2.84. The molecule has 1 aliphatic heterocycles. The first-order chi connectivity index (χ1) is 16.0. The third-order valence-electron chi connectivity index (χ3n) is 4.65. The van der Waals surface area contributed by atoms with Crippen molar-refractivity contribution < 1.29 is 19.7 Å². The maximum atomic E-state index is 10.0. The topological polar surface area (TPSA) is 58.9 Å². The van der Waals surface area contributed by atoms with Gasteiger partial charge in [-0.15, -0.1) is 0 Å². The number of aliphatic hydroxyl groups is 2. The predicted molar refractivity (Wildman–Crippen MR) is 140 cm³/mol. The number of hydrogen-bond donors (Lipinski definition) is 2. The van der Waals surface area contributed by atoms with Crippen molar-refractivity contribution in [3.8, 4) is 5.75 Å². The molecule has 1 saturated heterocycles. The smallest absolute Gasteiger partial charge is 0.119 e. The van der Waals surface area contributed by atoms with E-state index in [9.17, 15) is 10.2 Å². The summed E-state index contributed by atoms with van der Waals surface area (Å²) in [5.41, 5.74) is 3.13. The molecule has 2 aromatic rings. The average molecular weight is 481 g/mol. The van der Waals surface area contributed by atoms with Crippen LogP contribution < -0.4 is 4.74 Å². The van der Waals surface area contributed by atoms with E-state index in [1.54, 1.807) is 0 Å². The molecular formula is C28H45ClO4. The Morgan fingerprint density at radius 1 is 0.970 bits per heavy atom. The SMILES string of the molecule is CC.CC.CCC.CCOc1ccc(Cc2cc(C3CC(O)CC(CO)O3)ccc2Cl)cc1. The van der Waals surface area contributed by atoms with Crippen molar-refractivity contribution in [2.24, 2.45) is 0 Å². The molecule has 0 saturated carbocycles. The standard InChI is InChI=1S/C21H25ClO4.C3H8.2C2H6/c1-2-25-18-6-3-14(4-7-18)9-16-10-15(5-8-20(16)22)21-12-17(24)11-19(13-23)26-21;1-3-2;2*1-2/h3-8,10,17,19,21,23-24H,2,9,11-13H2,1H3;3H2,1-2H3;2*1-2H3. The van der Waals surface area contributed by atoms with Crippen LogP contribution in [0.25, 0.3) is 0 Å². The Bertz CT molecular complexity index is 733. The summed E-state index contributed by atoms with van der Waals surface area (Å²) >= 11 is 6.40. The van der Waals surface area contributed by atoms with E-state index < -0.39 is 6.10 Å². The second kappa shape index (κ2) is 18.8. The van der Waals surface area contributed by atoms with Crippen LogP contribution in [0.4, 0.5) is 0 Å². The number of aliphatic hydroxyl groups excluding tert-OH is 2. The predicted octanol–water partition coefficient (Wildman–Crippen LogP) is 7.37. The fourth-order valence-electron chi connectivity index (χ4n) is 3.34. The molecule has 1 heterocycles. The van der Waals surface area contributed by atoms with Gasteiger partial charge >= 0.3 is 0 Å². The lowest BCUT2D eigenvalue weighted by Crippen LogP contribution is -2.33. The summed E-state index contributed by atoms with van der Waals surface area (Å²) in [6, 6.07) is 13.8. The molecule has 0 aliphatic carbocycles. The maximum absolute atomic E-state index is 10.0. The Balaban J connectivity index is 0.00000132. The van der Waals surface area contributed by atoms with Crippen molar-refractivity contribution in [3.63, 3.8) is 0 Å². The molecule has 0 radical (unpaired) electrons. The number of rotatable bonds is 6. The van der Waals surface area contributed by atoms with Crippen LogP contribution in [-0.4, -0.2) is 35.6 Å². The van der Waals surface area contributed by atoms with E-state index in [1.807, 2.05) is 77.1 Å². The van der Waals surface area contributed by atoms with Gasteiger partial charge in [0.05, 0.1) is 31.5 Å². The zero-order valence-corrected chi connectivity index (χ0v) is 22.4. The largest absolute Gasteiger partial charge is 0.494 e. The molecule has 3 atom stereocenters. The lowest BCUT2D eigenvalue weighted by atomic mass is 9.94. The lowest BCUT2D eigenvalue weighted by molar-refractivity contribution is -0.113. The normalized spacial score (nSPS) is 19.0. The van der Waals surface area contributed by atoms with Crippen LogP contribution in [-0.2, 0) is 11.2 Å². The van der Waals surface area contributed by atoms with Gasteiger partial charge in [-0.05, 0) is 48.2 Å². The van der Waals surface area contributed by atoms with E-state index in [0.717, 1.165) is 22.4 Å². The summed E-state index contributed by atoms with van der Waals surface area (Å²) in [7, 11) is 0. The third kappa shape index (κ3) is 11.4. The summed E-state index contributed by atoms with van der Waals surface area (Å²) in [6.07, 6.45) is 1.94. The van der Waals surface area contributed by atoms with Crippen molar-refractivity contribution in [2.75, 3.05) is 13.2 Å². The van der Waals surface area contributed by atoms with Crippen LogP contribution in [0.3, 0.4) is 0 Å². The molecule has 3 rings (SSSR count). The molecule has 0 bridgehead atoms. The fraction of sp³-hybridized carbons (Fsp3) is 0.571. The molecule has 0 aromatic heterocycles. The minimum Gasteiger partial charge on any atom is -0.494 e. The Kier molecular flexibility index (Phi) is 17.9. The number of ether oxygens (including phenoxy) is 2. The Morgan fingerprint density at radius 2 is 1.58 bits per heavy atom. The number of halogens is 1. The van der Waals surface area contributed by atoms with Gasteiger partial charge in [-0.1, -0.05) is 83.8 Å². The molecule has 188 valence electrons. The molecule has 0 spiro atoms. The molecule has 4 nitrogen and oxygen atoms in total. The molecular weight excluding hydrogens is 436 g/mol. The molecule has 1 fully saturated rings. The van der Waals surface area contributed by atoms with Gasteiger partial charge in [0, 0.05) is 17.9 Å². The molecule has 33 heavy (non-hydrogen) atoms. The number of benzene rings is 2. The highest BCUT2D eigenvalue weighted by Crippen LogP contribution is 2.33. The fourth-order valence-corrected chi connectivity index (χ4v) is 3.53. The highest BCUT2D eigenvalue weighted by Gasteiger charge is 2.29. The summed E-state index contributed by atoms with van der Waals surface area (Å²) in [6.45, 7) is 14.8. The van der Waals surface area contributed by atoms with Crippen molar-refractivity contribution >= 4 is 11.6 Å². The second-order valence-corrected chi connectivity index (χ2v) is 7.77. The van der Waals surface area contributed by atoms with Gasteiger partial charge < -0.3 is 19.7 Å². The van der Waals surface area contributed by atoms with E-state index in [-0.39, 0.29) is 18.8 Å². The lowest BCUT2D eigenvalue weighted by Gasteiger charge is -2.32. The zero-order valence-electron chi connectivity index (χ0n) is 21.6. The Labute approximate surface area is 206 Å².